The Bertz CT molecular complexity index is 599. The second kappa shape index (κ2) is 3.44. The second-order valence-corrected chi connectivity index (χ2v) is 3.61. The first-order chi connectivity index (χ1) is 7.52. The number of aryl methyl sites for hydroxylation is 1. The van der Waals surface area contributed by atoms with Crippen molar-refractivity contribution in [3.63, 3.8) is 0 Å². The van der Waals surface area contributed by atoms with Crippen LogP contribution in [0.3, 0.4) is 0 Å². The van der Waals surface area contributed by atoms with Gasteiger partial charge in [0, 0.05) is 18.7 Å². The summed E-state index contributed by atoms with van der Waals surface area (Å²) in [5.74, 6) is -0.145. The maximum absolute atomic E-state index is 11.4. The maximum Gasteiger partial charge on any atom is 0.278 e. The number of rotatable bonds is 1. The molecule has 2 aromatic rings. The van der Waals surface area contributed by atoms with Crippen LogP contribution in [-0.4, -0.2) is 15.4 Å². The molecule has 0 aliphatic heterocycles. The van der Waals surface area contributed by atoms with Crippen molar-refractivity contribution >= 4 is 22.5 Å². The minimum Gasteiger partial charge on any atom is -0.284 e. The van der Waals surface area contributed by atoms with E-state index in [2.05, 4.69) is 0 Å². The quantitative estimate of drug-likeness (QED) is 0.545. The molecule has 0 saturated carbocycles. The minimum atomic E-state index is -0.438. The molecule has 0 saturated heterocycles. The van der Waals surface area contributed by atoms with Crippen LogP contribution in [0, 0.1) is 17.0 Å². The first-order valence-electron chi connectivity index (χ1n) is 4.79. The van der Waals surface area contributed by atoms with E-state index in [0.717, 1.165) is 0 Å². The fraction of sp³-hybridized carbons (Fsp3) is 0.182. The van der Waals surface area contributed by atoms with Crippen LogP contribution < -0.4 is 0 Å². The minimum absolute atomic E-state index is 0.0283. The van der Waals surface area contributed by atoms with E-state index in [1.807, 2.05) is 0 Å². The number of hydrogen-bond donors (Lipinski definition) is 0. The summed E-state index contributed by atoms with van der Waals surface area (Å²) in [6.07, 6.45) is 0. The topological polar surface area (TPSA) is 65.1 Å². The number of carbonyl (C=O) groups excluding carboxylic acids is 1. The Morgan fingerprint density at radius 1 is 1.44 bits per heavy atom. The molecule has 2 rings (SSSR count). The van der Waals surface area contributed by atoms with E-state index in [1.54, 1.807) is 25.1 Å². The Balaban J connectivity index is 2.88. The normalized spacial score (nSPS) is 10.6. The summed E-state index contributed by atoms with van der Waals surface area (Å²) in [6, 6.07) is 6.39. The van der Waals surface area contributed by atoms with Gasteiger partial charge in [0.1, 0.15) is 0 Å². The van der Waals surface area contributed by atoms with Gasteiger partial charge in [-0.05, 0) is 19.1 Å². The molecule has 82 valence electrons. The van der Waals surface area contributed by atoms with Gasteiger partial charge in [-0.25, -0.2) is 0 Å². The van der Waals surface area contributed by atoms with Gasteiger partial charge in [-0.3, -0.25) is 19.5 Å². The highest BCUT2D eigenvalue weighted by Crippen LogP contribution is 2.28. The molecule has 0 aliphatic carbocycles. The SMILES string of the molecule is CC(=O)n1c(C)cc2c([N+](=O)[O-])cccc21. The predicted molar refractivity (Wildman–Crippen MR) is 59.6 cm³/mol. The molecule has 5 nitrogen and oxygen atoms in total. The number of benzene rings is 1. The van der Waals surface area contributed by atoms with Crippen LogP contribution >= 0.6 is 0 Å². The molecule has 1 aromatic heterocycles. The number of nitrogens with zero attached hydrogens (tertiary/aromatic N) is 2. The second-order valence-electron chi connectivity index (χ2n) is 3.61. The van der Waals surface area contributed by atoms with Gasteiger partial charge in [-0.1, -0.05) is 6.07 Å². The van der Waals surface area contributed by atoms with Gasteiger partial charge in [0.25, 0.3) is 5.69 Å². The van der Waals surface area contributed by atoms with Gasteiger partial charge in [-0.15, -0.1) is 0 Å². The van der Waals surface area contributed by atoms with E-state index < -0.39 is 4.92 Å². The zero-order valence-corrected chi connectivity index (χ0v) is 8.93. The van der Waals surface area contributed by atoms with Gasteiger partial charge < -0.3 is 0 Å². The van der Waals surface area contributed by atoms with Crippen molar-refractivity contribution in [2.24, 2.45) is 0 Å². The van der Waals surface area contributed by atoms with E-state index >= 15 is 0 Å². The maximum atomic E-state index is 11.4. The number of nitro groups is 1. The molecule has 0 fully saturated rings. The number of fused-ring (bicyclic) bond motifs is 1. The predicted octanol–water partition coefficient (Wildman–Crippen LogP) is 2.52. The fourth-order valence-corrected chi connectivity index (χ4v) is 1.92. The highest BCUT2D eigenvalue weighted by molar-refractivity contribution is 5.97. The Morgan fingerprint density at radius 3 is 2.69 bits per heavy atom. The number of hydrogen-bond acceptors (Lipinski definition) is 3. The lowest BCUT2D eigenvalue weighted by atomic mass is 10.2. The third-order valence-electron chi connectivity index (χ3n) is 2.52. The molecule has 0 N–H and O–H groups in total. The first-order valence-corrected chi connectivity index (χ1v) is 4.79. The largest absolute Gasteiger partial charge is 0.284 e. The van der Waals surface area contributed by atoms with E-state index in [1.165, 1.54) is 17.6 Å². The smallest absolute Gasteiger partial charge is 0.278 e. The van der Waals surface area contributed by atoms with Crippen molar-refractivity contribution in [3.8, 4) is 0 Å². The molecular formula is C11H10N2O3. The number of carbonyl (C=O) groups is 1. The summed E-state index contributed by atoms with van der Waals surface area (Å²) in [7, 11) is 0. The highest BCUT2D eigenvalue weighted by Gasteiger charge is 2.17. The zero-order chi connectivity index (χ0) is 11.9. The van der Waals surface area contributed by atoms with Crippen LogP contribution in [0.2, 0.25) is 0 Å². The highest BCUT2D eigenvalue weighted by atomic mass is 16.6. The van der Waals surface area contributed by atoms with Crippen molar-refractivity contribution in [2.45, 2.75) is 13.8 Å². The summed E-state index contributed by atoms with van der Waals surface area (Å²) in [5.41, 5.74) is 1.32. The summed E-state index contributed by atoms with van der Waals surface area (Å²) < 4.78 is 1.47. The molecule has 5 heteroatoms. The first kappa shape index (κ1) is 10.4. The van der Waals surface area contributed by atoms with E-state index in [9.17, 15) is 14.9 Å². The summed E-state index contributed by atoms with van der Waals surface area (Å²) in [6.45, 7) is 3.19. The molecule has 0 aliphatic rings. The van der Waals surface area contributed by atoms with Crippen LogP contribution in [0.15, 0.2) is 24.3 Å². The molecule has 0 radical (unpaired) electrons. The average Bonchev–Trinajstić information content (AvgIpc) is 2.52. The monoisotopic (exact) mass is 218 g/mol. The molecule has 0 unspecified atom stereocenters. The lowest BCUT2D eigenvalue weighted by Gasteiger charge is -2.01. The Hall–Kier alpha value is -2.17. The molecule has 1 heterocycles. The number of non-ortho nitro benzene ring substituents is 1. The molecular weight excluding hydrogens is 208 g/mol. The molecule has 0 spiro atoms. The Kier molecular flexibility index (Phi) is 2.23. The Labute approximate surface area is 91.4 Å². The summed E-state index contributed by atoms with van der Waals surface area (Å²) >= 11 is 0. The van der Waals surface area contributed by atoms with Crippen molar-refractivity contribution < 1.29 is 9.72 Å². The zero-order valence-electron chi connectivity index (χ0n) is 8.93. The average molecular weight is 218 g/mol. The van der Waals surface area contributed by atoms with Crippen molar-refractivity contribution in [1.82, 2.24) is 4.57 Å². The lowest BCUT2D eigenvalue weighted by Crippen LogP contribution is -2.06. The fourth-order valence-electron chi connectivity index (χ4n) is 1.92. The lowest BCUT2D eigenvalue weighted by molar-refractivity contribution is -0.383. The summed E-state index contributed by atoms with van der Waals surface area (Å²) in [4.78, 5) is 21.8. The van der Waals surface area contributed by atoms with Crippen molar-refractivity contribution in [3.05, 3.63) is 40.1 Å². The van der Waals surface area contributed by atoms with Gasteiger partial charge in [0.2, 0.25) is 5.91 Å². The van der Waals surface area contributed by atoms with Gasteiger partial charge in [-0.2, -0.15) is 0 Å². The molecule has 0 bridgehead atoms. The third-order valence-corrected chi connectivity index (χ3v) is 2.52. The van der Waals surface area contributed by atoms with Crippen LogP contribution in [0.1, 0.15) is 17.4 Å². The third kappa shape index (κ3) is 1.37. The van der Waals surface area contributed by atoms with Gasteiger partial charge >= 0.3 is 0 Å². The van der Waals surface area contributed by atoms with Crippen LogP contribution in [0.25, 0.3) is 10.9 Å². The van der Waals surface area contributed by atoms with E-state index in [4.69, 9.17) is 0 Å². The number of aromatic nitrogens is 1. The Morgan fingerprint density at radius 2 is 2.12 bits per heavy atom. The van der Waals surface area contributed by atoms with Crippen molar-refractivity contribution in [1.29, 1.82) is 0 Å². The van der Waals surface area contributed by atoms with E-state index in [0.29, 0.717) is 16.6 Å². The standard InChI is InChI=1S/C11H10N2O3/c1-7-6-9-10(12(7)8(2)14)4-3-5-11(9)13(15)16/h3-6H,1-2H3. The van der Waals surface area contributed by atoms with Crippen molar-refractivity contribution in [2.75, 3.05) is 0 Å². The molecule has 0 atom stereocenters. The van der Waals surface area contributed by atoms with Gasteiger partial charge in [0.15, 0.2) is 0 Å². The van der Waals surface area contributed by atoms with Crippen LogP contribution in [0.4, 0.5) is 5.69 Å². The molecule has 0 amide bonds. The summed E-state index contributed by atoms with van der Waals surface area (Å²) in [5, 5.41) is 11.3. The van der Waals surface area contributed by atoms with Crippen LogP contribution in [0.5, 0.6) is 0 Å². The molecule has 1 aromatic carbocycles. The number of nitro benzene ring substituents is 1. The van der Waals surface area contributed by atoms with Gasteiger partial charge in [0.05, 0.1) is 15.8 Å². The van der Waals surface area contributed by atoms with E-state index in [-0.39, 0.29) is 11.6 Å². The molecule has 16 heavy (non-hydrogen) atoms. The van der Waals surface area contributed by atoms with Crippen LogP contribution in [-0.2, 0) is 0 Å².